The molecule has 2 aromatic rings. The maximum Gasteiger partial charge on any atom is 0.328 e. The first-order valence-electron chi connectivity index (χ1n) is 6.55. The molecular weight excluding hydrogens is 302 g/mol. The Hall–Kier alpha value is -1.69. The van der Waals surface area contributed by atoms with Crippen LogP contribution in [0.15, 0.2) is 12.1 Å². The lowest BCUT2D eigenvalue weighted by Crippen LogP contribution is -2.21. The van der Waals surface area contributed by atoms with E-state index in [2.05, 4.69) is 4.98 Å². The summed E-state index contributed by atoms with van der Waals surface area (Å²) in [4.78, 5) is 16.1. The summed E-state index contributed by atoms with van der Waals surface area (Å²) in [6.07, 6.45) is 0. The molecule has 2 unspecified atom stereocenters. The summed E-state index contributed by atoms with van der Waals surface area (Å²) in [7, 11) is 0. The van der Waals surface area contributed by atoms with Crippen molar-refractivity contribution in [3.63, 3.8) is 0 Å². The number of carbonyl (C=O) groups excluding carboxylic acids is 1. The third-order valence-corrected chi connectivity index (χ3v) is 3.34. The van der Waals surface area contributed by atoms with Crippen LogP contribution in [0.2, 0.25) is 0 Å². The second-order valence-corrected chi connectivity index (χ2v) is 5.27. The predicted molar refractivity (Wildman–Crippen MR) is 75.3 cm³/mol. The molecule has 0 aliphatic carbocycles. The Morgan fingerprint density at radius 1 is 1.43 bits per heavy atom. The minimum atomic E-state index is -1.06. The Labute approximate surface area is 125 Å². The summed E-state index contributed by atoms with van der Waals surface area (Å²) in [6.45, 7) is 5.04. The average molecular weight is 317 g/mol. The molecule has 1 aromatic heterocycles. The lowest BCUT2D eigenvalue weighted by atomic mass is 10.2. The SMILES string of the molecule is CCOC(=O)C(C)n1c(C(C)Cl)nc2ccc(F)c(F)c21. The van der Waals surface area contributed by atoms with E-state index in [0.717, 1.165) is 6.07 Å². The summed E-state index contributed by atoms with van der Waals surface area (Å²) in [5, 5.41) is -0.572. The fourth-order valence-corrected chi connectivity index (χ4v) is 2.34. The molecule has 114 valence electrons. The highest BCUT2D eigenvalue weighted by atomic mass is 35.5. The lowest BCUT2D eigenvalue weighted by molar-refractivity contribution is -0.146. The van der Waals surface area contributed by atoms with Crippen LogP contribution in [-0.4, -0.2) is 22.1 Å². The van der Waals surface area contributed by atoms with E-state index >= 15 is 0 Å². The third kappa shape index (κ3) is 2.72. The summed E-state index contributed by atoms with van der Waals surface area (Å²) in [5.41, 5.74) is 0.158. The van der Waals surface area contributed by atoms with Crippen LogP contribution in [0.1, 0.15) is 38.0 Å². The molecule has 2 atom stereocenters. The Morgan fingerprint density at radius 2 is 2.10 bits per heavy atom. The molecule has 0 N–H and O–H groups in total. The summed E-state index contributed by atoms with van der Waals surface area (Å²) < 4.78 is 33.8. The van der Waals surface area contributed by atoms with Crippen LogP contribution < -0.4 is 0 Å². The van der Waals surface area contributed by atoms with Gasteiger partial charge in [-0.05, 0) is 32.9 Å². The zero-order valence-electron chi connectivity index (χ0n) is 11.9. The average Bonchev–Trinajstić information content (AvgIpc) is 2.82. The summed E-state index contributed by atoms with van der Waals surface area (Å²) in [5.74, 6) is -2.33. The molecule has 0 aliphatic heterocycles. The Morgan fingerprint density at radius 3 is 2.67 bits per heavy atom. The van der Waals surface area contributed by atoms with Crippen LogP contribution in [0.4, 0.5) is 8.78 Å². The largest absolute Gasteiger partial charge is 0.464 e. The van der Waals surface area contributed by atoms with Gasteiger partial charge in [0.2, 0.25) is 0 Å². The number of alkyl halides is 1. The second-order valence-electron chi connectivity index (χ2n) is 4.61. The van der Waals surface area contributed by atoms with Gasteiger partial charge in [0, 0.05) is 0 Å². The van der Waals surface area contributed by atoms with Gasteiger partial charge in [0.05, 0.1) is 17.5 Å². The van der Waals surface area contributed by atoms with Crippen LogP contribution in [0.5, 0.6) is 0 Å². The van der Waals surface area contributed by atoms with E-state index < -0.39 is 29.0 Å². The summed E-state index contributed by atoms with van der Waals surface area (Å²) in [6, 6.07) is 1.49. The van der Waals surface area contributed by atoms with E-state index in [4.69, 9.17) is 16.3 Å². The van der Waals surface area contributed by atoms with Gasteiger partial charge >= 0.3 is 5.97 Å². The molecule has 0 fully saturated rings. The van der Waals surface area contributed by atoms with Gasteiger partial charge in [-0.3, -0.25) is 0 Å². The molecular formula is C14H15ClF2N2O2. The number of benzene rings is 1. The molecule has 21 heavy (non-hydrogen) atoms. The molecule has 4 nitrogen and oxygen atoms in total. The van der Waals surface area contributed by atoms with Crippen molar-refractivity contribution in [1.29, 1.82) is 0 Å². The Balaban J connectivity index is 2.71. The smallest absolute Gasteiger partial charge is 0.328 e. The highest BCUT2D eigenvalue weighted by Gasteiger charge is 2.27. The molecule has 7 heteroatoms. The molecule has 0 bridgehead atoms. The van der Waals surface area contributed by atoms with Gasteiger partial charge in [-0.2, -0.15) is 0 Å². The zero-order valence-corrected chi connectivity index (χ0v) is 12.6. The van der Waals surface area contributed by atoms with Crippen molar-refractivity contribution < 1.29 is 18.3 Å². The van der Waals surface area contributed by atoms with E-state index in [1.807, 2.05) is 0 Å². The van der Waals surface area contributed by atoms with Crippen molar-refractivity contribution in [2.24, 2.45) is 0 Å². The van der Waals surface area contributed by atoms with Crippen molar-refractivity contribution in [3.05, 3.63) is 29.6 Å². The van der Waals surface area contributed by atoms with Gasteiger partial charge in [0.15, 0.2) is 11.6 Å². The number of esters is 1. The van der Waals surface area contributed by atoms with Crippen LogP contribution in [0, 0.1) is 11.6 Å². The number of ether oxygens (including phenoxy) is 1. The second kappa shape index (κ2) is 5.97. The van der Waals surface area contributed by atoms with Crippen LogP contribution in [0.25, 0.3) is 11.0 Å². The minimum Gasteiger partial charge on any atom is -0.464 e. The number of hydrogen-bond acceptors (Lipinski definition) is 3. The maximum absolute atomic E-state index is 14.1. The highest BCUT2D eigenvalue weighted by molar-refractivity contribution is 6.20. The van der Waals surface area contributed by atoms with Crippen molar-refractivity contribution in [2.45, 2.75) is 32.2 Å². The van der Waals surface area contributed by atoms with Gasteiger partial charge in [0.1, 0.15) is 17.4 Å². The molecule has 1 heterocycles. The normalized spacial score (nSPS) is 14.2. The number of nitrogens with zero attached hydrogens (tertiary/aromatic N) is 2. The van der Waals surface area contributed by atoms with E-state index in [-0.39, 0.29) is 23.5 Å². The van der Waals surface area contributed by atoms with Gasteiger partial charge in [0.25, 0.3) is 0 Å². The number of fused-ring (bicyclic) bond motifs is 1. The van der Waals surface area contributed by atoms with Crippen molar-refractivity contribution in [3.8, 4) is 0 Å². The van der Waals surface area contributed by atoms with E-state index in [9.17, 15) is 13.6 Å². The zero-order chi connectivity index (χ0) is 15.7. The number of hydrogen-bond donors (Lipinski definition) is 0. The standard InChI is InChI=1S/C14H15ClF2N2O2/c1-4-21-14(20)8(3)19-12-10(18-13(19)7(2)15)6-5-9(16)11(12)17/h5-8H,4H2,1-3H3. The van der Waals surface area contributed by atoms with E-state index in [0.29, 0.717) is 0 Å². The highest BCUT2D eigenvalue weighted by Crippen LogP contribution is 2.30. The number of carbonyl (C=O) groups is 1. The molecule has 0 radical (unpaired) electrons. The summed E-state index contributed by atoms with van der Waals surface area (Å²) >= 11 is 6.05. The first kappa shape index (κ1) is 15.7. The minimum absolute atomic E-state index is 0.0851. The van der Waals surface area contributed by atoms with Crippen molar-refractivity contribution in [1.82, 2.24) is 9.55 Å². The number of aromatic nitrogens is 2. The van der Waals surface area contributed by atoms with Crippen LogP contribution in [-0.2, 0) is 9.53 Å². The third-order valence-electron chi connectivity index (χ3n) is 3.14. The van der Waals surface area contributed by atoms with Crippen molar-refractivity contribution >= 4 is 28.6 Å². The van der Waals surface area contributed by atoms with E-state index in [1.54, 1.807) is 13.8 Å². The van der Waals surface area contributed by atoms with Crippen molar-refractivity contribution in [2.75, 3.05) is 6.61 Å². The maximum atomic E-state index is 14.1. The van der Waals surface area contributed by atoms with Gasteiger partial charge in [-0.25, -0.2) is 18.6 Å². The van der Waals surface area contributed by atoms with Crippen LogP contribution in [0.3, 0.4) is 0 Å². The number of halogens is 3. The molecule has 1 aromatic carbocycles. The van der Waals surface area contributed by atoms with Gasteiger partial charge < -0.3 is 9.30 Å². The van der Waals surface area contributed by atoms with Gasteiger partial charge in [-0.15, -0.1) is 11.6 Å². The fourth-order valence-electron chi connectivity index (χ4n) is 2.18. The fraction of sp³-hybridized carbons (Fsp3) is 0.429. The quantitative estimate of drug-likeness (QED) is 0.637. The lowest BCUT2D eigenvalue weighted by Gasteiger charge is -2.17. The Bertz CT molecular complexity index is 685. The molecule has 0 aliphatic rings. The first-order chi connectivity index (χ1) is 9.88. The number of imidazole rings is 1. The Kier molecular flexibility index (Phi) is 4.46. The van der Waals surface area contributed by atoms with E-state index in [1.165, 1.54) is 17.6 Å². The molecule has 2 rings (SSSR count). The van der Waals surface area contributed by atoms with Gasteiger partial charge in [-0.1, -0.05) is 0 Å². The molecule has 0 amide bonds. The topological polar surface area (TPSA) is 44.1 Å². The molecule has 0 saturated heterocycles. The predicted octanol–water partition coefficient (Wildman–Crippen LogP) is 3.74. The molecule has 0 saturated carbocycles. The van der Waals surface area contributed by atoms with Crippen LogP contribution >= 0.6 is 11.6 Å². The number of rotatable bonds is 4. The molecule has 0 spiro atoms. The monoisotopic (exact) mass is 316 g/mol. The first-order valence-corrected chi connectivity index (χ1v) is 6.98.